The predicted octanol–water partition coefficient (Wildman–Crippen LogP) is 4.54. The molecule has 3 aromatic rings. The summed E-state index contributed by atoms with van der Waals surface area (Å²) >= 11 is 0. The van der Waals surface area contributed by atoms with E-state index < -0.39 is 24.0 Å². The number of hydrogen-bond acceptors (Lipinski definition) is 5. The van der Waals surface area contributed by atoms with Crippen molar-refractivity contribution >= 4 is 18.0 Å². The quantitative estimate of drug-likeness (QED) is 0.478. The van der Waals surface area contributed by atoms with Gasteiger partial charge in [0.1, 0.15) is 6.61 Å². The zero-order chi connectivity index (χ0) is 25.7. The Morgan fingerprint density at radius 2 is 1.67 bits per heavy atom. The fraction of sp³-hybridized carbons (Fsp3) is 0.143. The third kappa shape index (κ3) is 5.26. The van der Waals surface area contributed by atoms with Gasteiger partial charge in [0.05, 0.1) is 35.4 Å². The van der Waals surface area contributed by atoms with Gasteiger partial charge in [-0.05, 0) is 47.9 Å². The highest BCUT2D eigenvalue weighted by Crippen LogP contribution is 2.32. The number of rotatable bonds is 7. The van der Waals surface area contributed by atoms with Crippen LogP contribution >= 0.6 is 0 Å². The van der Waals surface area contributed by atoms with Crippen molar-refractivity contribution in [2.75, 3.05) is 0 Å². The summed E-state index contributed by atoms with van der Waals surface area (Å²) in [5.74, 6) is -1.61. The van der Waals surface area contributed by atoms with Crippen LogP contribution in [-0.4, -0.2) is 28.0 Å². The number of amides is 2. The first-order valence-corrected chi connectivity index (χ1v) is 11.2. The largest absolute Gasteiger partial charge is 0.478 e. The van der Waals surface area contributed by atoms with E-state index in [0.717, 1.165) is 5.56 Å². The average molecular weight is 482 g/mol. The van der Waals surface area contributed by atoms with Gasteiger partial charge in [-0.1, -0.05) is 54.6 Å². The Morgan fingerprint density at radius 1 is 1.00 bits per heavy atom. The molecular weight excluding hydrogens is 458 g/mol. The van der Waals surface area contributed by atoms with Crippen LogP contribution in [0.5, 0.6) is 0 Å². The first-order chi connectivity index (χ1) is 17.4. The molecule has 1 aliphatic heterocycles. The van der Waals surface area contributed by atoms with E-state index in [1.54, 1.807) is 43.3 Å². The molecule has 180 valence electrons. The summed E-state index contributed by atoms with van der Waals surface area (Å²) in [5, 5.41) is 21.1. The molecule has 0 radical (unpaired) electrons. The molecule has 1 atom stereocenters. The minimum absolute atomic E-state index is 0.0706. The zero-order valence-corrected chi connectivity index (χ0v) is 19.5. The molecule has 0 aliphatic carbocycles. The van der Waals surface area contributed by atoms with Crippen LogP contribution in [-0.2, 0) is 22.7 Å². The Hall–Kier alpha value is -4.90. The standard InChI is InChI=1S/C28H23N3O5/c1-18-24(27(34)36-17-21-5-3-2-4-6-21)25(22-11-7-19(15-29)8-12-22)30-28(35)31(18)16-20-9-13-23(14-10-20)26(32)33/h2-14,25H,16-17H2,1H3,(H,30,35)(H,32,33). The molecule has 4 rings (SSSR count). The topological polar surface area (TPSA) is 120 Å². The van der Waals surface area contributed by atoms with E-state index in [2.05, 4.69) is 11.4 Å². The molecule has 2 N–H and O–H groups in total. The van der Waals surface area contributed by atoms with Gasteiger partial charge in [-0.2, -0.15) is 5.26 Å². The zero-order valence-electron chi connectivity index (χ0n) is 19.5. The molecule has 2 amide bonds. The van der Waals surface area contributed by atoms with Crippen molar-refractivity contribution in [1.29, 1.82) is 5.26 Å². The molecule has 0 aromatic heterocycles. The van der Waals surface area contributed by atoms with E-state index in [9.17, 15) is 14.4 Å². The molecule has 0 fully saturated rings. The molecule has 8 nitrogen and oxygen atoms in total. The number of esters is 1. The monoisotopic (exact) mass is 481 g/mol. The highest BCUT2D eigenvalue weighted by Gasteiger charge is 2.36. The molecule has 0 bridgehead atoms. The van der Waals surface area contributed by atoms with Gasteiger partial charge in [0.25, 0.3) is 0 Å². The fourth-order valence-electron chi connectivity index (χ4n) is 3.97. The smallest absolute Gasteiger partial charge is 0.338 e. The van der Waals surface area contributed by atoms with Crippen LogP contribution in [0.2, 0.25) is 0 Å². The Kier molecular flexibility index (Phi) is 7.12. The summed E-state index contributed by atoms with van der Waals surface area (Å²) in [6, 6.07) is 23.0. The van der Waals surface area contributed by atoms with Crippen LogP contribution in [0.4, 0.5) is 4.79 Å². The molecule has 3 aromatic carbocycles. The van der Waals surface area contributed by atoms with Gasteiger partial charge in [-0.25, -0.2) is 14.4 Å². The normalized spacial score (nSPS) is 15.2. The summed E-state index contributed by atoms with van der Waals surface area (Å²) in [4.78, 5) is 39.0. The number of nitrogens with one attached hydrogen (secondary N) is 1. The van der Waals surface area contributed by atoms with Gasteiger partial charge in [0, 0.05) is 5.70 Å². The van der Waals surface area contributed by atoms with Crippen LogP contribution in [0.1, 0.15) is 45.6 Å². The Balaban J connectivity index is 1.67. The Bertz CT molecular complexity index is 1360. The van der Waals surface area contributed by atoms with Crippen molar-refractivity contribution < 1.29 is 24.2 Å². The van der Waals surface area contributed by atoms with E-state index >= 15 is 0 Å². The summed E-state index contributed by atoms with van der Waals surface area (Å²) in [6.45, 7) is 1.88. The Morgan fingerprint density at radius 3 is 2.28 bits per heavy atom. The first-order valence-electron chi connectivity index (χ1n) is 11.2. The maximum absolute atomic E-state index is 13.3. The molecule has 1 aliphatic rings. The van der Waals surface area contributed by atoms with Gasteiger partial charge < -0.3 is 15.2 Å². The molecule has 0 saturated carbocycles. The maximum atomic E-state index is 13.3. The third-order valence-corrected chi connectivity index (χ3v) is 5.94. The molecule has 8 heteroatoms. The van der Waals surface area contributed by atoms with Crippen molar-refractivity contribution in [2.24, 2.45) is 0 Å². The number of allylic oxidation sites excluding steroid dienone is 1. The number of hydrogen-bond donors (Lipinski definition) is 2. The number of aromatic carboxylic acids is 1. The number of nitriles is 1. The van der Waals surface area contributed by atoms with Gasteiger partial charge >= 0.3 is 18.0 Å². The SMILES string of the molecule is CC1=C(C(=O)OCc2ccccc2)C(c2ccc(C#N)cc2)NC(=O)N1Cc1ccc(C(=O)O)cc1. The van der Waals surface area contributed by atoms with Crippen LogP contribution in [0, 0.1) is 11.3 Å². The van der Waals surface area contributed by atoms with E-state index in [-0.39, 0.29) is 24.3 Å². The Labute approximate surface area is 208 Å². The van der Waals surface area contributed by atoms with Gasteiger partial charge in [-0.15, -0.1) is 0 Å². The number of carboxylic acids is 1. The molecule has 36 heavy (non-hydrogen) atoms. The second kappa shape index (κ2) is 10.6. The van der Waals surface area contributed by atoms with E-state index in [1.165, 1.54) is 17.0 Å². The van der Waals surface area contributed by atoms with E-state index in [0.29, 0.717) is 22.4 Å². The van der Waals surface area contributed by atoms with Crippen molar-refractivity contribution in [3.8, 4) is 6.07 Å². The lowest BCUT2D eigenvalue weighted by Gasteiger charge is -2.35. The van der Waals surface area contributed by atoms with Crippen molar-refractivity contribution in [1.82, 2.24) is 10.2 Å². The van der Waals surface area contributed by atoms with Gasteiger partial charge in [-0.3, -0.25) is 4.90 Å². The molecule has 0 spiro atoms. The van der Waals surface area contributed by atoms with E-state index in [4.69, 9.17) is 15.1 Å². The molecule has 1 unspecified atom stereocenters. The average Bonchev–Trinajstić information content (AvgIpc) is 2.90. The number of carbonyl (C=O) groups excluding carboxylic acids is 2. The summed E-state index contributed by atoms with van der Waals surface area (Å²) < 4.78 is 5.62. The lowest BCUT2D eigenvalue weighted by molar-refractivity contribution is -0.141. The minimum atomic E-state index is -1.04. The van der Waals surface area contributed by atoms with Crippen molar-refractivity contribution in [3.63, 3.8) is 0 Å². The summed E-state index contributed by atoms with van der Waals surface area (Å²) in [7, 11) is 0. The number of carboxylic acid groups (broad SMARTS) is 1. The fourth-order valence-corrected chi connectivity index (χ4v) is 3.97. The van der Waals surface area contributed by atoms with Crippen LogP contribution in [0.3, 0.4) is 0 Å². The minimum Gasteiger partial charge on any atom is -0.478 e. The van der Waals surface area contributed by atoms with Crippen LogP contribution in [0.25, 0.3) is 0 Å². The molecule has 1 heterocycles. The lowest BCUT2D eigenvalue weighted by Crippen LogP contribution is -2.47. The van der Waals surface area contributed by atoms with Crippen molar-refractivity contribution in [2.45, 2.75) is 26.1 Å². The second-order valence-electron chi connectivity index (χ2n) is 8.27. The lowest BCUT2D eigenvalue weighted by atomic mass is 9.94. The number of urea groups is 1. The van der Waals surface area contributed by atoms with Crippen LogP contribution < -0.4 is 5.32 Å². The number of benzene rings is 3. The maximum Gasteiger partial charge on any atom is 0.338 e. The highest BCUT2D eigenvalue weighted by molar-refractivity contribution is 5.95. The highest BCUT2D eigenvalue weighted by atomic mass is 16.5. The summed E-state index contributed by atoms with van der Waals surface area (Å²) in [6.07, 6.45) is 0. The molecular formula is C28H23N3O5. The summed E-state index contributed by atoms with van der Waals surface area (Å²) in [5.41, 5.74) is 3.46. The van der Waals surface area contributed by atoms with Crippen molar-refractivity contribution in [3.05, 3.63) is 118 Å². The van der Waals surface area contributed by atoms with Crippen LogP contribution in [0.15, 0.2) is 90.1 Å². The van der Waals surface area contributed by atoms with Gasteiger partial charge in [0.2, 0.25) is 0 Å². The second-order valence-corrected chi connectivity index (χ2v) is 8.27. The molecule has 0 saturated heterocycles. The number of nitrogens with zero attached hydrogens (tertiary/aromatic N) is 2. The van der Waals surface area contributed by atoms with Gasteiger partial charge in [0.15, 0.2) is 0 Å². The number of carbonyl (C=O) groups is 3. The number of ether oxygens (including phenoxy) is 1. The third-order valence-electron chi connectivity index (χ3n) is 5.94. The predicted molar refractivity (Wildman–Crippen MR) is 130 cm³/mol. The van der Waals surface area contributed by atoms with E-state index in [1.807, 2.05) is 30.3 Å². The first kappa shape index (κ1) is 24.2.